The minimum atomic E-state index is 0.531. The molecule has 0 saturated carbocycles. The van der Waals surface area contributed by atoms with E-state index in [0.29, 0.717) is 5.41 Å². The maximum atomic E-state index is 2.63. The molecule has 0 spiro atoms. The summed E-state index contributed by atoms with van der Waals surface area (Å²) in [7, 11) is 0. The molecular formula is C35H22S. The van der Waals surface area contributed by atoms with Crippen LogP contribution in [0.15, 0.2) is 0 Å². The zero-order valence-corrected chi connectivity index (χ0v) is 22.1. The average molecular weight is 475 g/mol. The Morgan fingerprint density at radius 2 is 0.583 bits per heavy atom. The van der Waals surface area contributed by atoms with Crippen molar-refractivity contribution in [1.82, 2.24) is 0 Å². The van der Waals surface area contributed by atoms with Crippen LogP contribution in [-0.2, 0) is 0 Å². The van der Waals surface area contributed by atoms with Crippen LogP contribution >= 0.6 is 11.8 Å². The minimum absolute atomic E-state index is 0.531. The average Bonchev–Trinajstić information content (AvgIpc) is 2.85. The highest BCUT2D eigenvalue weighted by Gasteiger charge is 2.07. The third kappa shape index (κ3) is 36.0. The molecule has 0 aromatic heterocycles. The fourth-order valence-corrected chi connectivity index (χ4v) is 2.04. The van der Waals surface area contributed by atoms with Gasteiger partial charge in [0.25, 0.3) is 0 Å². The Morgan fingerprint density at radius 3 is 0.694 bits per heavy atom. The van der Waals surface area contributed by atoms with E-state index in [4.69, 9.17) is 0 Å². The van der Waals surface area contributed by atoms with E-state index < -0.39 is 0 Å². The zero-order chi connectivity index (χ0) is 27.0. The Bertz CT molecular complexity index is 1460. The lowest BCUT2D eigenvalue weighted by molar-refractivity contribution is 0.401. The van der Waals surface area contributed by atoms with Gasteiger partial charge >= 0.3 is 0 Å². The van der Waals surface area contributed by atoms with Crippen molar-refractivity contribution in [2.24, 2.45) is 5.41 Å². The number of thioether (sulfide) groups is 1. The van der Waals surface area contributed by atoms with Gasteiger partial charge in [-0.3, -0.25) is 0 Å². The molecule has 0 amide bonds. The van der Waals surface area contributed by atoms with E-state index in [2.05, 4.69) is 181 Å². The SMILES string of the molecule is CC#CC#CC#CC#CC#CC#CC#CC#CC#CC#CC#CC#CC#CC.CSCCC(C)(C)C. The second-order valence-corrected chi connectivity index (χ2v) is 7.79. The van der Waals surface area contributed by atoms with E-state index in [9.17, 15) is 0 Å². The molecule has 0 saturated heterocycles. The maximum absolute atomic E-state index is 2.63. The molecule has 168 valence electrons. The van der Waals surface area contributed by atoms with Gasteiger partial charge in [0.15, 0.2) is 0 Å². The van der Waals surface area contributed by atoms with Crippen molar-refractivity contribution in [1.29, 1.82) is 0 Å². The fourth-order valence-electron chi connectivity index (χ4n) is 1.22. The van der Waals surface area contributed by atoms with Crippen molar-refractivity contribution in [2.45, 2.75) is 41.0 Å². The lowest BCUT2D eigenvalue weighted by Crippen LogP contribution is -2.05. The van der Waals surface area contributed by atoms with Crippen molar-refractivity contribution < 1.29 is 0 Å². The van der Waals surface area contributed by atoms with Gasteiger partial charge < -0.3 is 0 Å². The second kappa shape index (κ2) is 27.7. The molecule has 1 heteroatoms. The van der Waals surface area contributed by atoms with Crippen molar-refractivity contribution in [3.8, 4) is 154 Å². The van der Waals surface area contributed by atoms with Crippen LogP contribution in [0.3, 0.4) is 0 Å². The van der Waals surface area contributed by atoms with E-state index >= 15 is 0 Å². The summed E-state index contributed by atoms with van der Waals surface area (Å²) in [5.41, 5.74) is 0.531. The van der Waals surface area contributed by atoms with Crippen LogP contribution in [0, 0.1) is 159 Å². The van der Waals surface area contributed by atoms with Crippen LogP contribution in [0.2, 0.25) is 0 Å². The molecule has 0 N–H and O–H groups in total. The predicted molar refractivity (Wildman–Crippen MR) is 155 cm³/mol. The molecule has 0 aliphatic rings. The second-order valence-electron chi connectivity index (χ2n) is 6.80. The van der Waals surface area contributed by atoms with Gasteiger partial charge in [0.05, 0.1) is 0 Å². The molecule has 0 aliphatic carbocycles. The van der Waals surface area contributed by atoms with Gasteiger partial charge in [-0.05, 0) is 132 Å². The van der Waals surface area contributed by atoms with Gasteiger partial charge in [-0.2, -0.15) is 11.8 Å². The molecule has 0 unspecified atom stereocenters. The summed E-state index contributed by atoms with van der Waals surface area (Å²) in [5, 5.41) is 0. The smallest absolute Gasteiger partial charge is 0 e. The molecule has 0 bridgehead atoms. The highest BCUT2D eigenvalue weighted by molar-refractivity contribution is 7.98. The Kier molecular flexibility index (Phi) is 25.2. The van der Waals surface area contributed by atoms with Crippen LogP contribution in [0.25, 0.3) is 0 Å². The molecule has 0 fully saturated rings. The van der Waals surface area contributed by atoms with Gasteiger partial charge in [0, 0.05) is 47.4 Å². The summed E-state index contributed by atoms with van der Waals surface area (Å²) in [6.07, 6.45) is 3.49. The maximum Gasteiger partial charge on any atom is 0 e. The lowest BCUT2D eigenvalue weighted by atomic mass is 9.94. The number of rotatable bonds is 2. The van der Waals surface area contributed by atoms with Crippen molar-refractivity contribution in [3.63, 3.8) is 0 Å². The summed E-state index contributed by atoms with van der Waals surface area (Å²) >= 11 is 1.93. The van der Waals surface area contributed by atoms with Gasteiger partial charge in [-0.1, -0.05) is 32.6 Å². The van der Waals surface area contributed by atoms with Crippen molar-refractivity contribution >= 4 is 11.8 Å². The van der Waals surface area contributed by atoms with Gasteiger partial charge in [-0.25, -0.2) is 0 Å². The molecule has 0 heterocycles. The fraction of sp³-hybridized carbons (Fsp3) is 0.257. The molecule has 0 atom stereocenters. The summed E-state index contributed by atoms with van der Waals surface area (Å²) in [6, 6.07) is 0. The van der Waals surface area contributed by atoms with Crippen LogP contribution in [0.4, 0.5) is 0 Å². The first-order valence-corrected chi connectivity index (χ1v) is 11.7. The molecular weight excluding hydrogens is 452 g/mol. The largest absolute Gasteiger partial charge is 0.165 e. The lowest BCUT2D eigenvalue weighted by Gasteiger charge is -2.16. The first-order valence-electron chi connectivity index (χ1n) is 10.3. The first kappa shape index (κ1) is 32.8. The Labute approximate surface area is 223 Å². The van der Waals surface area contributed by atoms with E-state index in [-0.39, 0.29) is 0 Å². The molecule has 0 rings (SSSR count). The number of hydrogen-bond acceptors (Lipinski definition) is 1. The molecule has 0 aromatic rings. The van der Waals surface area contributed by atoms with Crippen LogP contribution in [0.5, 0.6) is 0 Å². The third-order valence-corrected chi connectivity index (χ3v) is 3.36. The molecule has 0 aliphatic heterocycles. The topological polar surface area (TPSA) is 0 Å². The zero-order valence-electron chi connectivity index (χ0n) is 21.3. The van der Waals surface area contributed by atoms with Crippen LogP contribution < -0.4 is 0 Å². The van der Waals surface area contributed by atoms with Gasteiger partial charge in [-0.15, -0.1) is 0 Å². The van der Waals surface area contributed by atoms with E-state index in [0.717, 1.165) is 0 Å². The molecule has 0 radical (unpaired) electrons. The Morgan fingerprint density at radius 1 is 0.389 bits per heavy atom. The number of hydrogen-bond donors (Lipinski definition) is 0. The predicted octanol–water partition coefficient (Wildman–Crippen LogP) is 3.86. The van der Waals surface area contributed by atoms with Crippen molar-refractivity contribution in [3.05, 3.63) is 0 Å². The minimum Gasteiger partial charge on any atom is -0.165 e. The summed E-state index contributed by atoms with van der Waals surface area (Å²) in [4.78, 5) is 0. The summed E-state index contributed by atoms with van der Waals surface area (Å²) in [6.45, 7) is 10.2. The van der Waals surface area contributed by atoms with E-state index in [1.54, 1.807) is 13.8 Å². The summed E-state index contributed by atoms with van der Waals surface area (Å²) < 4.78 is 0. The summed E-state index contributed by atoms with van der Waals surface area (Å²) in [5.74, 6) is 66.9. The van der Waals surface area contributed by atoms with E-state index in [1.807, 2.05) is 11.8 Å². The van der Waals surface area contributed by atoms with E-state index in [1.165, 1.54) is 12.2 Å². The van der Waals surface area contributed by atoms with Crippen molar-refractivity contribution in [2.75, 3.05) is 12.0 Å². The van der Waals surface area contributed by atoms with Crippen LogP contribution in [-0.4, -0.2) is 12.0 Å². The first-order chi connectivity index (χ1) is 17.5. The Balaban J connectivity index is 0. The Hall–Kier alpha value is -5.37. The highest BCUT2D eigenvalue weighted by atomic mass is 32.2. The standard InChI is InChI=1S/C28H6.C7H16S/c1-3-5-7-9-11-13-15-17-19-21-23-25-27-28-26-24-22-20-18-16-14-12-10-8-6-4-2;1-7(2,3)5-6-8-4/h1-2H3;5-6H2,1-4H3. The van der Waals surface area contributed by atoms with Gasteiger partial charge in [0.1, 0.15) is 0 Å². The highest BCUT2D eigenvalue weighted by Crippen LogP contribution is 2.19. The molecule has 0 aromatic carbocycles. The molecule has 0 nitrogen and oxygen atoms in total. The normalized spacial score (nSPS) is 5.72. The monoisotopic (exact) mass is 474 g/mol. The van der Waals surface area contributed by atoms with Crippen LogP contribution in [0.1, 0.15) is 41.0 Å². The molecule has 36 heavy (non-hydrogen) atoms. The quantitative estimate of drug-likeness (QED) is 0.548. The van der Waals surface area contributed by atoms with Gasteiger partial charge in [0.2, 0.25) is 0 Å². The third-order valence-electron chi connectivity index (χ3n) is 2.74.